The Morgan fingerprint density at radius 1 is 1.29 bits per heavy atom. The van der Waals surface area contributed by atoms with Crippen molar-refractivity contribution in [2.75, 3.05) is 0 Å². The molecule has 0 unspecified atom stereocenters. The van der Waals surface area contributed by atoms with Crippen molar-refractivity contribution >= 4 is 11.0 Å². The van der Waals surface area contributed by atoms with E-state index < -0.39 is 11.6 Å². The molecule has 0 fully saturated rings. The van der Waals surface area contributed by atoms with Gasteiger partial charge in [-0.3, -0.25) is 4.79 Å². The molecule has 1 aromatic carbocycles. The Morgan fingerprint density at radius 3 is 2.90 bits per heavy atom. The van der Waals surface area contributed by atoms with Crippen molar-refractivity contribution in [3.63, 3.8) is 0 Å². The van der Waals surface area contributed by atoms with Crippen molar-refractivity contribution in [2.24, 2.45) is 7.05 Å². The first-order chi connectivity index (χ1) is 10.1. The highest BCUT2D eigenvalue weighted by Gasteiger charge is 2.08. The Labute approximate surface area is 117 Å². The van der Waals surface area contributed by atoms with E-state index in [1.807, 2.05) is 0 Å². The van der Waals surface area contributed by atoms with Crippen LogP contribution in [0.4, 0.5) is 8.78 Å². The van der Waals surface area contributed by atoms with Gasteiger partial charge < -0.3 is 4.57 Å². The van der Waals surface area contributed by atoms with Gasteiger partial charge in [0.05, 0.1) is 18.1 Å². The number of rotatable bonds is 0. The zero-order valence-corrected chi connectivity index (χ0v) is 10.8. The van der Waals surface area contributed by atoms with Crippen LogP contribution in [0, 0.1) is 23.6 Å². The molecule has 0 aliphatic heterocycles. The molecule has 3 aromatic rings. The highest BCUT2D eigenvalue weighted by molar-refractivity contribution is 5.73. The summed E-state index contributed by atoms with van der Waals surface area (Å²) in [5.74, 6) is 0.473. The fourth-order valence-electron chi connectivity index (χ4n) is 1.80. The van der Waals surface area contributed by atoms with E-state index in [-0.39, 0.29) is 16.8 Å². The standard InChI is InChI=1S/C14H8F2N4O/c1-19-8-17-13-10(14(19)21)7-18-20(13)6-5-9-3-2-4-11(15)12(9)16/h2-4,7-8H,1H3. The summed E-state index contributed by atoms with van der Waals surface area (Å²) in [5.41, 5.74) is -0.0881. The zero-order chi connectivity index (χ0) is 15.0. The first-order valence-electron chi connectivity index (χ1n) is 5.93. The number of hydrogen-bond donors (Lipinski definition) is 0. The van der Waals surface area contributed by atoms with Gasteiger partial charge in [0.2, 0.25) is 0 Å². The Bertz CT molecular complexity index is 962. The minimum Gasteiger partial charge on any atom is -0.302 e. The van der Waals surface area contributed by atoms with Gasteiger partial charge in [-0.25, -0.2) is 13.8 Å². The average Bonchev–Trinajstić information content (AvgIpc) is 2.88. The first kappa shape index (κ1) is 13.0. The molecule has 0 saturated heterocycles. The van der Waals surface area contributed by atoms with Gasteiger partial charge in [-0.1, -0.05) is 6.07 Å². The summed E-state index contributed by atoms with van der Waals surface area (Å²) in [6.45, 7) is 0. The summed E-state index contributed by atoms with van der Waals surface area (Å²) in [6.07, 6.45) is 2.68. The van der Waals surface area contributed by atoms with Crippen LogP contribution in [0.5, 0.6) is 0 Å². The molecule has 21 heavy (non-hydrogen) atoms. The summed E-state index contributed by atoms with van der Waals surface area (Å²) in [5, 5.41) is 4.22. The molecule has 0 N–H and O–H groups in total. The fraction of sp³-hybridized carbons (Fsp3) is 0.0714. The summed E-state index contributed by atoms with van der Waals surface area (Å²) in [6, 6.07) is 6.26. The Balaban J connectivity index is 2.12. The van der Waals surface area contributed by atoms with Crippen LogP contribution < -0.4 is 5.56 Å². The smallest absolute Gasteiger partial charge is 0.264 e. The number of aromatic nitrogens is 4. The van der Waals surface area contributed by atoms with E-state index in [0.717, 1.165) is 10.7 Å². The molecule has 0 radical (unpaired) electrons. The van der Waals surface area contributed by atoms with Crippen molar-refractivity contribution < 1.29 is 8.78 Å². The van der Waals surface area contributed by atoms with Crippen LogP contribution in [0.1, 0.15) is 5.56 Å². The van der Waals surface area contributed by atoms with Gasteiger partial charge in [0.15, 0.2) is 17.3 Å². The van der Waals surface area contributed by atoms with E-state index in [0.29, 0.717) is 5.39 Å². The number of nitrogens with zero attached hydrogens (tertiary/aromatic N) is 4. The van der Waals surface area contributed by atoms with Crippen LogP contribution in [0.15, 0.2) is 35.5 Å². The minimum atomic E-state index is -1.02. The van der Waals surface area contributed by atoms with E-state index in [9.17, 15) is 13.6 Å². The molecule has 0 saturated carbocycles. The van der Waals surface area contributed by atoms with Gasteiger partial charge in [0.25, 0.3) is 5.56 Å². The average molecular weight is 286 g/mol. The van der Waals surface area contributed by atoms with E-state index in [2.05, 4.69) is 22.0 Å². The van der Waals surface area contributed by atoms with Crippen LogP contribution in [-0.4, -0.2) is 19.3 Å². The minimum absolute atomic E-state index is 0.0949. The maximum absolute atomic E-state index is 13.5. The normalized spacial score (nSPS) is 10.4. The lowest BCUT2D eigenvalue weighted by atomic mass is 10.2. The molecule has 0 spiro atoms. The second kappa shape index (κ2) is 4.83. The van der Waals surface area contributed by atoms with E-state index >= 15 is 0 Å². The van der Waals surface area contributed by atoms with Gasteiger partial charge in [-0.05, 0) is 18.1 Å². The SMILES string of the molecule is Cn1cnc2c(cnn2C#Cc2cccc(F)c2F)c1=O. The lowest BCUT2D eigenvalue weighted by Gasteiger charge is -1.96. The molecule has 2 aromatic heterocycles. The Kier molecular flexibility index (Phi) is 2.99. The van der Waals surface area contributed by atoms with Crippen LogP contribution in [-0.2, 0) is 7.05 Å². The molecule has 7 heteroatoms. The molecule has 2 heterocycles. The number of aryl methyl sites for hydroxylation is 1. The molecular weight excluding hydrogens is 278 g/mol. The molecule has 0 amide bonds. The molecule has 104 valence electrons. The highest BCUT2D eigenvalue weighted by atomic mass is 19.2. The van der Waals surface area contributed by atoms with Gasteiger partial charge in [-0.15, -0.1) is 0 Å². The lowest BCUT2D eigenvalue weighted by Crippen LogP contribution is -2.16. The number of halogens is 2. The van der Waals surface area contributed by atoms with Crippen molar-refractivity contribution in [1.29, 1.82) is 0 Å². The molecule has 0 bridgehead atoms. The van der Waals surface area contributed by atoms with E-state index in [4.69, 9.17) is 0 Å². The van der Waals surface area contributed by atoms with Crippen molar-refractivity contribution in [2.45, 2.75) is 0 Å². The molecule has 0 aliphatic rings. The third-order valence-corrected chi connectivity index (χ3v) is 2.90. The predicted octanol–water partition coefficient (Wildman–Crippen LogP) is 1.27. The van der Waals surface area contributed by atoms with Crippen molar-refractivity contribution in [3.05, 3.63) is 58.3 Å². The predicted molar refractivity (Wildman–Crippen MR) is 71.4 cm³/mol. The third-order valence-electron chi connectivity index (χ3n) is 2.90. The monoisotopic (exact) mass is 286 g/mol. The Hall–Kier alpha value is -3.01. The summed E-state index contributed by atoms with van der Waals surface area (Å²) >= 11 is 0. The lowest BCUT2D eigenvalue weighted by molar-refractivity contribution is 0.506. The van der Waals surface area contributed by atoms with E-state index in [1.165, 1.54) is 29.2 Å². The molecule has 5 nitrogen and oxygen atoms in total. The van der Waals surface area contributed by atoms with Crippen LogP contribution in [0.2, 0.25) is 0 Å². The second-order valence-electron chi connectivity index (χ2n) is 4.29. The first-order valence-corrected chi connectivity index (χ1v) is 5.93. The molecule has 0 atom stereocenters. The molecule has 3 rings (SSSR count). The number of hydrogen-bond acceptors (Lipinski definition) is 3. The van der Waals surface area contributed by atoms with Crippen LogP contribution >= 0.6 is 0 Å². The summed E-state index contributed by atoms with van der Waals surface area (Å²) in [7, 11) is 1.57. The molecule has 0 aliphatic carbocycles. The fourth-order valence-corrected chi connectivity index (χ4v) is 1.80. The van der Waals surface area contributed by atoms with Crippen molar-refractivity contribution in [1.82, 2.24) is 19.3 Å². The summed E-state index contributed by atoms with van der Waals surface area (Å²) in [4.78, 5) is 15.9. The zero-order valence-electron chi connectivity index (χ0n) is 10.8. The number of benzene rings is 1. The maximum Gasteiger partial charge on any atom is 0.264 e. The van der Waals surface area contributed by atoms with Crippen LogP contribution in [0.25, 0.3) is 11.0 Å². The topological polar surface area (TPSA) is 52.7 Å². The van der Waals surface area contributed by atoms with Gasteiger partial charge in [-0.2, -0.15) is 9.78 Å². The maximum atomic E-state index is 13.5. The summed E-state index contributed by atoms with van der Waals surface area (Å²) < 4.78 is 29.0. The van der Waals surface area contributed by atoms with E-state index in [1.54, 1.807) is 7.05 Å². The number of fused-ring (bicyclic) bond motifs is 1. The largest absolute Gasteiger partial charge is 0.302 e. The van der Waals surface area contributed by atoms with Crippen LogP contribution in [0.3, 0.4) is 0 Å². The van der Waals surface area contributed by atoms with Gasteiger partial charge in [0, 0.05) is 13.1 Å². The Morgan fingerprint density at radius 2 is 2.10 bits per heavy atom. The highest BCUT2D eigenvalue weighted by Crippen LogP contribution is 2.10. The third kappa shape index (κ3) is 2.17. The molecular formula is C14H8F2N4O. The second-order valence-corrected chi connectivity index (χ2v) is 4.29. The van der Waals surface area contributed by atoms with Gasteiger partial charge in [0.1, 0.15) is 5.39 Å². The van der Waals surface area contributed by atoms with Crippen molar-refractivity contribution in [3.8, 4) is 12.0 Å². The quantitative estimate of drug-likeness (QED) is 0.585. The van der Waals surface area contributed by atoms with Gasteiger partial charge >= 0.3 is 0 Å².